The first-order valence-electron chi connectivity index (χ1n) is 10.5. The highest BCUT2D eigenvalue weighted by molar-refractivity contribution is 7.86. The van der Waals surface area contributed by atoms with Crippen LogP contribution >= 0.6 is 23.2 Å². The van der Waals surface area contributed by atoms with Crippen LogP contribution in [0.3, 0.4) is 0 Å². The number of hydrogen-bond acceptors (Lipinski definition) is 8. The number of rotatable bonds is 7. The number of carbonyl (C=O) groups is 3. The molecule has 3 amide bonds. The molecule has 1 fully saturated rings. The Labute approximate surface area is 222 Å². The molecule has 2 aromatic carbocycles. The van der Waals surface area contributed by atoms with Gasteiger partial charge in [-0.1, -0.05) is 23.2 Å². The fourth-order valence-corrected chi connectivity index (χ4v) is 5.37. The van der Waals surface area contributed by atoms with Crippen LogP contribution in [0.1, 0.15) is 25.8 Å². The third kappa shape index (κ3) is 5.48. The molecule has 0 spiro atoms. The van der Waals surface area contributed by atoms with Crippen molar-refractivity contribution in [3.05, 3.63) is 52.0 Å². The smallest absolute Gasteiger partial charge is 0.306 e. The molecule has 196 valence electrons. The SMILES string of the molecule is CC1(C)C(=O)N(c2ccc(C#N)c(Cl)c2)C(S(=O)(=O)O)N1c1ccc(Cl)c(NC(=O)CC(N)C(N)=O)c1. The lowest BCUT2D eigenvalue weighted by atomic mass is 10.0. The number of benzene rings is 2. The third-order valence-electron chi connectivity index (χ3n) is 5.68. The van der Waals surface area contributed by atoms with Crippen molar-refractivity contribution in [3.63, 3.8) is 0 Å². The Morgan fingerprint density at radius 2 is 1.81 bits per heavy atom. The predicted octanol–water partition coefficient (Wildman–Crippen LogP) is 1.81. The molecule has 1 heterocycles. The minimum atomic E-state index is -4.97. The summed E-state index contributed by atoms with van der Waals surface area (Å²) in [5.41, 5.74) is 7.37. The van der Waals surface area contributed by atoms with E-state index >= 15 is 0 Å². The number of nitriles is 1. The van der Waals surface area contributed by atoms with Crippen molar-refractivity contribution in [2.75, 3.05) is 15.1 Å². The van der Waals surface area contributed by atoms with E-state index in [-0.39, 0.29) is 32.7 Å². The molecule has 6 N–H and O–H groups in total. The van der Waals surface area contributed by atoms with Gasteiger partial charge in [-0.2, -0.15) is 13.7 Å². The van der Waals surface area contributed by atoms with Gasteiger partial charge >= 0.3 is 10.1 Å². The van der Waals surface area contributed by atoms with Gasteiger partial charge in [0.05, 0.1) is 33.8 Å². The monoisotopic (exact) mass is 568 g/mol. The number of nitrogens with two attached hydrogens (primary N) is 2. The van der Waals surface area contributed by atoms with E-state index in [0.717, 1.165) is 9.80 Å². The maximum Gasteiger partial charge on any atom is 0.306 e. The normalized spacial score (nSPS) is 17.9. The topological polar surface area (TPSA) is 200 Å². The lowest BCUT2D eigenvalue weighted by molar-refractivity contribution is -0.123. The second-order valence-electron chi connectivity index (χ2n) is 8.65. The molecule has 0 saturated carbocycles. The fourth-order valence-electron chi connectivity index (χ4n) is 3.86. The van der Waals surface area contributed by atoms with E-state index in [2.05, 4.69) is 5.32 Å². The van der Waals surface area contributed by atoms with Crippen LogP contribution in [0.15, 0.2) is 36.4 Å². The molecular formula is C22H22Cl2N6O6S. The number of amides is 3. The largest absolute Gasteiger partial charge is 0.368 e. The summed E-state index contributed by atoms with van der Waals surface area (Å²) in [5, 5.41) is 11.6. The maximum absolute atomic E-state index is 13.5. The number of nitrogens with zero attached hydrogens (tertiary/aromatic N) is 3. The lowest BCUT2D eigenvalue weighted by Gasteiger charge is -2.34. The summed E-state index contributed by atoms with van der Waals surface area (Å²) in [5.74, 6) is -2.28. The minimum Gasteiger partial charge on any atom is -0.368 e. The van der Waals surface area contributed by atoms with Gasteiger partial charge in [-0.05, 0) is 50.2 Å². The molecule has 2 aromatic rings. The van der Waals surface area contributed by atoms with Gasteiger partial charge in [0.25, 0.3) is 5.91 Å². The lowest BCUT2D eigenvalue weighted by Crippen LogP contribution is -2.49. The maximum atomic E-state index is 13.5. The van der Waals surface area contributed by atoms with E-state index in [4.69, 9.17) is 39.9 Å². The number of hydrogen-bond donors (Lipinski definition) is 4. The van der Waals surface area contributed by atoms with Gasteiger partial charge in [0, 0.05) is 11.4 Å². The number of halogens is 2. The van der Waals surface area contributed by atoms with E-state index in [9.17, 15) is 27.4 Å². The number of nitrogens with one attached hydrogen (secondary N) is 1. The molecule has 3 rings (SSSR count). The first-order valence-corrected chi connectivity index (χ1v) is 12.8. The van der Waals surface area contributed by atoms with Crippen molar-refractivity contribution in [2.45, 2.75) is 37.3 Å². The Morgan fingerprint density at radius 3 is 2.35 bits per heavy atom. The molecule has 37 heavy (non-hydrogen) atoms. The van der Waals surface area contributed by atoms with Crippen LogP contribution in [-0.4, -0.2) is 47.8 Å². The summed E-state index contributed by atoms with van der Waals surface area (Å²) in [6, 6.07) is 8.56. The molecule has 2 unspecified atom stereocenters. The average Bonchev–Trinajstić information content (AvgIpc) is 3.01. The quantitative estimate of drug-likeness (QED) is 0.359. The van der Waals surface area contributed by atoms with Crippen LogP contribution in [0.5, 0.6) is 0 Å². The van der Waals surface area contributed by atoms with E-state index in [0.29, 0.717) is 0 Å². The van der Waals surface area contributed by atoms with E-state index in [1.807, 2.05) is 6.07 Å². The summed E-state index contributed by atoms with van der Waals surface area (Å²) < 4.78 is 35.5. The van der Waals surface area contributed by atoms with Gasteiger partial charge in [0.2, 0.25) is 17.3 Å². The van der Waals surface area contributed by atoms with Crippen LogP contribution in [0.25, 0.3) is 0 Å². The average molecular weight is 569 g/mol. The van der Waals surface area contributed by atoms with Gasteiger partial charge in [-0.25, -0.2) is 0 Å². The van der Waals surface area contributed by atoms with Crippen LogP contribution in [0, 0.1) is 11.3 Å². The van der Waals surface area contributed by atoms with Crippen LogP contribution in [0.2, 0.25) is 10.0 Å². The molecule has 12 nitrogen and oxygen atoms in total. The summed E-state index contributed by atoms with van der Waals surface area (Å²) in [7, 11) is -4.97. The Bertz CT molecular complexity index is 1440. The van der Waals surface area contributed by atoms with Crippen molar-refractivity contribution in [1.82, 2.24) is 0 Å². The molecule has 0 aromatic heterocycles. The Kier molecular flexibility index (Phi) is 7.73. The predicted molar refractivity (Wildman–Crippen MR) is 137 cm³/mol. The summed E-state index contributed by atoms with van der Waals surface area (Å²) in [6.07, 6.45) is -0.440. The van der Waals surface area contributed by atoms with Crippen molar-refractivity contribution in [2.24, 2.45) is 11.5 Å². The molecule has 0 radical (unpaired) electrons. The zero-order chi connectivity index (χ0) is 27.9. The number of primary amides is 1. The summed E-state index contributed by atoms with van der Waals surface area (Å²) >= 11 is 12.3. The van der Waals surface area contributed by atoms with E-state index in [1.54, 1.807) is 0 Å². The Morgan fingerprint density at radius 1 is 1.19 bits per heavy atom. The highest BCUT2D eigenvalue weighted by atomic mass is 35.5. The molecule has 0 aliphatic carbocycles. The zero-order valence-corrected chi connectivity index (χ0v) is 21.8. The summed E-state index contributed by atoms with van der Waals surface area (Å²) in [6.45, 7) is 2.88. The fraction of sp³-hybridized carbons (Fsp3) is 0.273. The first-order chi connectivity index (χ1) is 17.1. The van der Waals surface area contributed by atoms with Crippen LogP contribution < -0.4 is 26.6 Å². The van der Waals surface area contributed by atoms with E-state index in [1.165, 1.54) is 50.2 Å². The molecular weight excluding hydrogens is 547 g/mol. The van der Waals surface area contributed by atoms with Gasteiger partial charge in [-0.3, -0.25) is 23.8 Å². The molecule has 0 bridgehead atoms. The first kappa shape index (κ1) is 28.2. The van der Waals surface area contributed by atoms with Crippen LogP contribution in [-0.2, 0) is 24.5 Å². The molecule has 2 atom stereocenters. The second-order valence-corrected chi connectivity index (χ2v) is 10.9. The molecule has 1 aliphatic heterocycles. The van der Waals surface area contributed by atoms with Gasteiger partial charge in [-0.15, -0.1) is 0 Å². The van der Waals surface area contributed by atoms with Crippen molar-refractivity contribution < 1.29 is 27.4 Å². The minimum absolute atomic E-state index is 0.0233. The molecule has 1 saturated heterocycles. The van der Waals surface area contributed by atoms with Crippen LogP contribution in [0.4, 0.5) is 17.1 Å². The highest BCUT2D eigenvalue weighted by Gasteiger charge is 2.57. The van der Waals surface area contributed by atoms with Gasteiger partial charge in [0.15, 0.2) is 0 Å². The standard InChI is InChI=1S/C22H22Cl2N6O6S/c1-22(2)20(33)29(12-4-3-11(10-25)15(24)7-12)21(37(34,35)36)30(22)13-5-6-14(23)17(8-13)28-18(31)9-16(26)19(27)32/h3-8,16,21H,9,26H2,1-2H3,(H2,27,32)(H,28,31)(H,34,35,36). The molecule has 1 aliphatic rings. The van der Waals surface area contributed by atoms with Crippen molar-refractivity contribution >= 4 is 68.1 Å². The zero-order valence-electron chi connectivity index (χ0n) is 19.5. The third-order valence-corrected chi connectivity index (χ3v) is 7.27. The van der Waals surface area contributed by atoms with Gasteiger partial charge in [0.1, 0.15) is 11.6 Å². The highest BCUT2D eigenvalue weighted by Crippen LogP contribution is 2.42. The van der Waals surface area contributed by atoms with Crippen molar-refractivity contribution in [3.8, 4) is 6.07 Å². The second kappa shape index (κ2) is 10.2. The number of carbonyl (C=O) groups excluding carboxylic acids is 3. The Hall–Kier alpha value is -3.41. The summed E-state index contributed by atoms with van der Waals surface area (Å²) in [4.78, 5) is 39.0. The Balaban J connectivity index is 2.10. The van der Waals surface area contributed by atoms with Crippen molar-refractivity contribution in [1.29, 1.82) is 5.26 Å². The van der Waals surface area contributed by atoms with Gasteiger partial charge < -0.3 is 21.7 Å². The number of anilines is 3. The molecule has 15 heteroatoms. The van der Waals surface area contributed by atoms with E-state index < -0.39 is 51.3 Å².